The molecule has 1 aliphatic carbocycles. The normalized spacial score (nSPS) is 16.0. The fraction of sp³-hybridized carbons (Fsp3) is 0.192. The minimum atomic E-state index is 0.247. The molecule has 0 aromatic heterocycles. The summed E-state index contributed by atoms with van der Waals surface area (Å²) in [4.78, 5) is 0. The van der Waals surface area contributed by atoms with Crippen molar-refractivity contribution in [3.8, 4) is 0 Å². The number of rotatable bonds is 3. The quantitative estimate of drug-likeness (QED) is 0.503. The largest absolute Gasteiger partial charge is 0.300 e. The summed E-state index contributed by atoms with van der Waals surface area (Å²) < 4.78 is 0. The maximum Gasteiger partial charge on any atom is 0.0690 e. The monoisotopic (exact) mass is 351 g/mol. The molecule has 4 rings (SSSR count). The third-order valence-electron chi connectivity index (χ3n) is 6.00. The van der Waals surface area contributed by atoms with E-state index in [0.717, 1.165) is 11.1 Å². The van der Waals surface area contributed by atoms with Crippen LogP contribution in [0.3, 0.4) is 0 Å². The second-order valence-electron chi connectivity index (χ2n) is 7.61. The molecule has 1 N–H and O–H groups in total. The Morgan fingerprint density at radius 3 is 2.19 bits per heavy atom. The molecule has 0 heterocycles. The zero-order valence-electron chi connectivity index (χ0n) is 16.4. The third kappa shape index (κ3) is 2.94. The van der Waals surface area contributed by atoms with Crippen LogP contribution in [0, 0.1) is 26.2 Å². The van der Waals surface area contributed by atoms with Gasteiger partial charge in [0, 0.05) is 17.0 Å². The van der Waals surface area contributed by atoms with Gasteiger partial charge in [-0.1, -0.05) is 60.2 Å². The molecule has 3 aromatic carbocycles. The van der Waals surface area contributed by atoms with E-state index in [0.29, 0.717) is 5.71 Å². The molecule has 0 saturated carbocycles. The van der Waals surface area contributed by atoms with Crippen LogP contribution in [-0.2, 0) is 0 Å². The molecule has 1 nitrogen and oxygen atoms in total. The van der Waals surface area contributed by atoms with Gasteiger partial charge in [0.05, 0.1) is 5.71 Å². The molecule has 1 heteroatoms. The van der Waals surface area contributed by atoms with E-state index in [9.17, 15) is 0 Å². The number of hydrogen-bond donors (Lipinski definition) is 1. The van der Waals surface area contributed by atoms with Crippen LogP contribution in [0.5, 0.6) is 0 Å². The first-order chi connectivity index (χ1) is 13.0. The van der Waals surface area contributed by atoms with Crippen molar-refractivity contribution in [1.29, 1.82) is 5.41 Å². The van der Waals surface area contributed by atoms with Gasteiger partial charge in [-0.2, -0.15) is 0 Å². The lowest BCUT2D eigenvalue weighted by molar-refractivity contribution is 1.01. The highest BCUT2D eigenvalue weighted by Crippen LogP contribution is 2.36. The summed E-state index contributed by atoms with van der Waals surface area (Å²) in [6, 6.07) is 17.1. The highest BCUT2D eigenvalue weighted by atomic mass is 14.4. The molecule has 0 saturated heterocycles. The van der Waals surface area contributed by atoms with Crippen molar-refractivity contribution in [2.24, 2.45) is 0 Å². The molecular formula is C26H25N. The molecule has 0 spiro atoms. The average Bonchev–Trinajstić information content (AvgIpc) is 3.10. The van der Waals surface area contributed by atoms with Gasteiger partial charge in [-0.25, -0.2) is 0 Å². The standard InChI is InChI=1S/C26H25N/c1-16-12-13-23(19(4)18(16)3)26(27)25-15-21-10-6-5-9-20(21)14-24(25)22-11-7-8-17(22)2/h5-15,22,27H,1-4H3. The molecule has 1 aliphatic rings. The number of benzene rings is 3. The van der Waals surface area contributed by atoms with Crippen LogP contribution in [0.15, 0.2) is 72.3 Å². The number of allylic oxidation sites excluding steroid dienone is 4. The first-order valence-electron chi connectivity index (χ1n) is 9.51. The molecule has 1 atom stereocenters. The molecular weight excluding hydrogens is 326 g/mol. The Labute approximate surface area is 161 Å². The lowest BCUT2D eigenvalue weighted by Crippen LogP contribution is -2.11. The maximum absolute atomic E-state index is 9.08. The first kappa shape index (κ1) is 17.5. The van der Waals surface area contributed by atoms with Crippen molar-refractivity contribution in [2.75, 3.05) is 0 Å². The molecule has 1 unspecified atom stereocenters. The summed E-state index contributed by atoms with van der Waals surface area (Å²) in [5, 5.41) is 11.5. The van der Waals surface area contributed by atoms with Gasteiger partial charge in [0.2, 0.25) is 0 Å². The van der Waals surface area contributed by atoms with Crippen LogP contribution < -0.4 is 0 Å². The number of hydrogen-bond acceptors (Lipinski definition) is 1. The van der Waals surface area contributed by atoms with E-state index >= 15 is 0 Å². The Morgan fingerprint density at radius 1 is 0.815 bits per heavy atom. The van der Waals surface area contributed by atoms with Gasteiger partial charge in [0.1, 0.15) is 0 Å². The molecule has 134 valence electrons. The molecule has 0 fully saturated rings. The maximum atomic E-state index is 9.08. The number of fused-ring (bicyclic) bond motifs is 1. The van der Waals surface area contributed by atoms with E-state index in [2.05, 4.69) is 94.5 Å². The fourth-order valence-corrected chi connectivity index (χ4v) is 4.03. The number of aryl methyl sites for hydroxylation is 1. The highest BCUT2D eigenvalue weighted by molar-refractivity contribution is 6.14. The van der Waals surface area contributed by atoms with E-state index < -0.39 is 0 Å². The predicted molar refractivity (Wildman–Crippen MR) is 116 cm³/mol. The van der Waals surface area contributed by atoms with Crippen molar-refractivity contribution in [1.82, 2.24) is 0 Å². The van der Waals surface area contributed by atoms with Gasteiger partial charge in [-0.05, 0) is 72.9 Å². The van der Waals surface area contributed by atoms with E-state index in [1.54, 1.807) is 0 Å². The lowest BCUT2D eigenvalue weighted by Gasteiger charge is -2.20. The Balaban J connectivity index is 1.95. The van der Waals surface area contributed by atoms with E-state index in [4.69, 9.17) is 5.41 Å². The zero-order chi connectivity index (χ0) is 19.1. The summed E-state index contributed by atoms with van der Waals surface area (Å²) in [6.07, 6.45) is 6.54. The fourth-order valence-electron chi connectivity index (χ4n) is 4.03. The van der Waals surface area contributed by atoms with Crippen molar-refractivity contribution in [2.45, 2.75) is 33.6 Å². The summed E-state index contributed by atoms with van der Waals surface area (Å²) in [5.74, 6) is 0.247. The summed E-state index contributed by atoms with van der Waals surface area (Å²) in [7, 11) is 0. The van der Waals surface area contributed by atoms with E-state index in [1.165, 1.54) is 38.6 Å². The molecule has 3 aromatic rings. The summed E-state index contributed by atoms with van der Waals surface area (Å²) >= 11 is 0. The van der Waals surface area contributed by atoms with Crippen LogP contribution in [0.2, 0.25) is 0 Å². The Kier molecular flexibility index (Phi) is 4.31. The van der Waals surface area contributed by atoms with Crippen molar-refractivity contribution >= 4 is 16.5 Å². The van der Waals surface area contributed by atoms with Crippen molar-refractivity contribution in [3.63, 3.8) is 0 Å². The predicted octanol–water partition coefficient (Wildman–Crippen LogP) is 6.78. The topological polar surface area (TPSA) is 23.9 Å². The SMILES string of the molecule is CC1=CC=CC1c1cc2ccccc2cc1C(=N)c1ccc(C)c(C)c1C. The molecule has 0 bridgehead atoms. The second kappa shape index (κ2) is 6.66. The Hall–Kier alpha value is -2.93. The second-order valence-corrected chi connectivity index (χ2v) is 7.61. The van der Waals surface area contributed by atoms with Gasteiger partial charge >= 0.3 is 0 Å². The zero-order valence-corrected chi connectivity index (χ0v) is 16.4. The molecule has 0 radical (unpaired) electrons. The third-order valence-corrected chi connectivity index (χ3v) is 6.00. The average molecular weight is 351 g/mol. The Morgan fingerprint density at radius 2 is 1.52 bits per heavy atom. The van der Waals surface area contributed by atoms with Crippen LogP contribution in [-0.4, -0.2) is 5.71 Å². The van der Waals surface area contributed by atoms with E-state index in [-0.39, 0.29) is 5.92 Å². The molecule has 0 aliphatic heterocycles. The number of nitrogens with one attached hydrogen (secondary N) is 1. The molecule has 27 heavy (non-hydrogen) atoms. The first-order valence-corrected chi connectivity index (χ1v) is 9.51. The van der Waals surface area contributed by atoms with Gasteiger partial charge in [0.15, 0.2) is 0 Å². The minimum absolute atomic E-state index is 0.247. The van der Waals surface area contributed by atoms with Gasteiger partial charge in [-0.3, -0.25) is 5.41 Å². The van der Waals surface area contributed by atoms with Gasteiger partial charge in [0.25, 0.3) is 0 Å². The van der Waals surface area contributed by atoms with Crippen LogP contribution in [0.1, 0.15) is 46.2 Å². The van der Waals surface area contributed by atoms with Crippen LogP contribution in [0.4, 0.5) is 0 Å². The lowest BCUT2D eigenvalue weighted by atomic mass is 9.84. The summed E-state index contributed by atoms with van der Waals surface area (Å²) in [6.45, 7) is 8.59. The van der Waals surface area contributed by atoms with Gasteiger partial charge < -0.3 is 0 Å². The Bertz CT molecular complexity index is 1130. The molecule has 0 amide bonds. The smallest absolute Gasteiger partial charge is 0.0690 e. The van der Waals surface area contributed by atoms with Gasteiger partial charge in [-0.15, -0.1) is 0 Å². The summed E-state index contributed by atoms with van der Waals surface area (Å²) in [5.41, 5.74) is 8.98. The van der Waals surface area contributed by atoms with Crippen LogP contribution >= 0.6 is 0 Å². The van der Waals surface area contributed by atoms with Crippen LogP contribution in [0.25, 0.3) is 10.8 Å². The van der Waals surface area contributed by atoms with E-state index in [1.807, 2.05) is 0 Å². The highest BCUT2D eigenvalue weighted by Gasteiger charge is 2.21. The minimum Gasteiger partial charge on any atom is -0.300 e. The van der Waals surface area contributed by atoms with Crippen molar-refractivity contribution < 1.29 is 0 Å². The van der Waals surface area contributed by atoms with Crippen molar-refractivity contribution in [3.05, 3.63) is 106 Å².